The summed E-state index contributed by atoms with van der Waals surface area (Å²) in [5.74, 6) is -0.633. The first kappa shape index (κ1) is 13.2. The number of nitrogens with zero attached hydrogens (tertiary/aromatic N) is 2. The lowest BCUT2D eigenvalue weighted by molar-refractivity contribution is -0.384. The molecule has 1 atom stereocenters. The molecule has 102 valence electrons. The van der Waals surface area contributed by atoms with Gasteiger partial charge in [0.2, 0.25) is 5.82 Å². The highest BCUT2D eigenvalue weighted by atomic mass is 16.6. The number of hydrogen-bond acceptors (Lipinski definition) is 6. The van der Waals surface area contributed by atoms with Crippen LogP contribution in [-0.4, -0.2) is 35.1 Å². The molecule has 1 aromatic heterocycles. The van der Waals surface area contributed by atoms with Crippen LogP contribution in [0.2, 0.25) is 0 Å². The van der Waals surface area contributed by atoms with Gasteiger partial charge in [-0.25, -0.2) is 4.98 Å². The van der Waals surface area contributed by atoms with E-state index >= 15 is 0 Å². The van der Waals surface area contributed by atoms with Gasteiger partial charge in [0.15, 0.2) is 0 Å². The summed E-state index contributed by atoms with van der Waals surface area (Å²) in [6.45, 7) is 1.09. The van der Waals surface area contributed by atoms with E-state index in [4.69, 9.17) is 10.5 Å². The zero-order valence-corrected chi connectivity index (χ0v) is 10.2. The Labute approximate surface area is 109 Å². The maximum atomic E-state index is 11.8. The molecule has 0 spiro atoms. The highest BCUT2D eigenvalue weighted by Gasteiger charge is 2.19. The normalized spacial score (nSPS) is 18.2. The van der Waals surface area contributed by atoms with E-state index in [1.54, 1.807) is 0 Å². The zero-order chi connectivity index (χ0) is 13.8. The first-order valence-corrected chi connectivity index (χ1v) is 5.87. The first-order chi connectivity index (χ1) is 9.08. The minimum absolute atomic E-state index is 0.0145. The molecule has 1 saturated heterocycles. The third kappa shape index (κ3) is 3.16. The number of aromatic nitrogens is 1. The number of anilines is 1. The van der Waals surface area contributed by atoms with Gasteiger partial charge in [0, 0.05) is 25.4 Å². The molecular formula is C11H14N4O4. The third-order valence-electron chi connectivity index (χ3n) is 2.87. The van der Waals surface area contributed by atoms with E-state index in [-0.39, 0.29) is 23.2 Å². The number of amides is 1. The van der Waals surface area contributed by atoms with Crippen molar-refractivity contribution in [1.82, 2.24) is 10.3 Å². The van der Waals surface area contributed by atoms with Crippen LogP contribution >= 0.6 is 0 Å². The van der Waals surface area contributed by atoms with Crippen molar-refractivity contribution < 1.29 is 14.5 Å². The minimum Gasteiger partial charge on any atom is -0.378 e. The van der Waals surface area contributed by atoms with Gasteiger partial charge in [0.05, 0.1) is 16.6 Å². The van der Waals surface area contributed by atoms with Gasteiger partial charge in [-0.3, -0.25) is 14.9 Å². The molecule has 0 bridgehead atoms. The molecule has 19 heavy (non-hydrogen) atoms. The molecule has 1 unspecified atom stereocenters. The monoisotopic (exact) mass is 266 g/mol. The molecule has 0 aliphatic carbocycles. The number of carbonyl (C=O) groups is 1. The van der Waals surface area contributed by atoms with Gasteiger partial charge >= 0.3 is 5.69 Å². The fraction of sp³-hybridized carbons (Fsp3) is 0.455. The van der Waals surface area contributed by atoms with Crippen molar-refractivity contribution in [1.29, 1.82) is 0 Å². The van der Waals surface area contributed by atoms with Crippen LogP contribution in [0.15, 0.2) is 12.3 Å². The number of pyridine rings is 1. The number of nitro groups is 1. The highest BCUT2D eigenvalue weighted by molar-refractivity contribution is 5.94. The number of nitrogens with one attached hydrogen (secondary N) is 1. The van der Waals surface area contributed by atoms with Crippen LogP contribution < -0.4 is 11.1 Å². The summed E-state index contributed by atoms with van der Waals surface area (Å²) in [6.07, 6.45) is 3.11. The molecule has 1 fully saturated rings. The summed E-state index contributed by atoms with van der Waals surface area (Å²) >= 11 is 0. The van der Waals surface area contributed by atoms with Gasteiger partial charge < -0.3 is 15.8 Å². The summed E-state index contributed by atoms with van der Waals surface area (Å²) in [4.78, 5) is 25.5. The zero-order valence-electron chi connectivity index (χ0n) is 10.2. The molecule has 1 aromatic rings. The van der Waals surface area contributed by atoms with E-state index in [1.165, 1.54) is 6.20 Å². The standard InChI is InChI=1S/C11H14N4O4/c12-10-9(15(17)18)4-7(5-13-10)11(16)14-6-8-2-1-3-19-8/h4-5,8H,1-3,6H2,(H2,12,13)(H,14,16). The van der Waals surface area contributed by atoms with E-state index in [9.17, 15) is 14.9 Å². The molecule has 3 N–H and O–H groups in total. The van der Waals surface area contributed by atoms with E-state index in [1.807, 2.05) is 0 Å². The Morgan fingerprint density at radius 3 is 3.11 bits per heavy atom. The van der Waals surface area contributed by atoms with Crippen molar-refractivity contribution in [2.75, 3.05) is 18.9 Å². The summed E-state index contributed by atoms with van der Waals surface area (Å²) in [7, 11) is 0. The lowest BCUT2D eigenvalue weighted by Crippen LogP contribution is -2.31. The van der Waals surface area contributed by atoms with E-state index in [0.717, 1.165) is 18.9 Å². The third-order valence-corrected chi connectivity index (χ3v) is 2.87. The lowest BCUT2D eigenvalue weighted by Gasteiger charge is -2.10. The van der Waals surface area contributed by atoms with Crippen LogP contribution in [0.25, 0.3) is 0 Å². The van der Waals surface area contributed by atoms with Crippen LogP contribution in [0.1, 0.15) is 23.2 Å². The van der Waals surface area contributed by atoms with Crippen LogP contribution in [0, 0.1) is 10.1 Å². The van der Waals surface area contributed by atoms with Gasteiger partial charge in [-0.1, -0.05) is 0 Å². The maximum absolute atomic E-state index is 11.8. The summed E-state index contributed by atoms with van der Waals surface area (Å²) in [5.41, 5.74) is 5.10. The van der Waals surface area contributed by atoms with Crippen molar-refractivity contribution >= 4 is 17.4 Å². The SMILES string of the molecule is Nc1ncc(C(=O)NCC2CCCO2)cc1[N+](=O)[O-]. The molecule has 1 aliphatic heterocycles. The first-order valence-electron chi connectivity index (χ1n) is 5.87. The number of carbonyl (C=O) groups excluding carboxylic acids is 1. The van der Waals surface area contributed by atoms with E-state index < -0.39 is 10.8 Å². The average Bonchev–Trinajstić information content (AvgIpc) is 2.89. The van der Waals surface area contributed by atoms with Crippen molar-refractivity contribution in [2.45, 2.75) is 18.9 Å². The van der Waals surface area contributed by atoms with Gasteiger partial charge in [-0.2, -0.15) is 0 Å². The summed E-state index contributed by atoms with van der Waals surface area (Å²) < 4.78 is 5.36. The molecule has 0 radical (unpaired) electrons. The molecule has 8 nitrogen and oxygen atoms in total. The number of nitrogen functional groups attached to an aromatic ring is 1. The van der Waals surface area contributed by atoms with Crippen molar-refractivity contribution in [2.24, 2.45) is 0 Å². The smallest absolute Gasteiger partial charge is 0.311 e. The molecule has 1 amide bonds. The van der Waals surface area contributed by atoms with Crippen LogP contribution in [0.5, 0.6) is 0 Å². The average molecular weight is 266 g/mol. The predicted octanol–water partition coefficient (Wildman–Crippen LogP) is 0.481. The second-order valence-corrected chi connectivity index (χ2v) is 4.23. The Hall–Kier alpha value is -2.22. The summed E-state index contributed by atoms with van der Waals surface area (Å²) in [5, 5.41) is 13.4. The number of ether oxygens (including phenoxy) is 1. The van der Waals surface area contributed by atoms with E-state index in [2.05, 4.69) is 10.3 Å². The van der Waals surface area contributed by atoms with Crippen LogP contribution in [0.3, 0.4) is 0 Å². The Bertz CT molecular complexity index is 499. The van der Waals surface area contributed by atoms with Gasteiger partial charge in [0.25, 0.3) is 5.91 Å². The van der Waals surface area contributed by atoms with Crippen LogP contribution in [-0.2, 0) is 4.74 Å². The maximum Gasteiger partial charge on any atom is 0.311 e. The fourth-order valence-electron chi connectivity index (χ4n) is 1.85. The van der Waals surface area contributed by atoms with Crippen molar-refractivity contribution in [3.8, 4) is 0 Å². The van der Waals surface area contributed by atoms with E-state index in [0.29, 0.717) is 13.2 Å². The van der Waals surface area contributed by atoms with Gasteiger partial charge in [-0.05, 0) is 12.8 Å². The largest absolute Gasteiger partial charge is 0.378 e. The Balaban J connectivity index is 2.02. The lowest BCUT2D eigenvalue weighted by atomic mass is 10.2. The van der Waals surface area contributed by atoms with Gasteiger partial charge in [0.1, 0.15) is 0 Å². The fourth-order valence-corrected chi connectivity index (χ4v) is 1.85. The molecular weight excluding hydrogens is 252 g/mol. The molecule has 2 rings (SSSR count). The molecule has 0 aromatic carbocycles. The second kappa shape index (κ2) is 5.61. The second-order valence-electron chi connectivity index (χ2n) is 4.23. The van der Waals surface area contributed by atoms with Gasteiger partial charge in [-0.15, -0.1) is 0 Å². The Kier molecular flexibility index (Phi) is 3.91. The topological polar surface area (TPSA) is 120 Å². The molecule has 8 heteroatoms. The predicted molar refractivity (Wildman–Crippen MR) is 66.6 cm³/mol. The molecule has 0 saturated carbocycles. The number of rotatable bonds is 4. The highest BCUT2D eigenvalue weighted by Crippen LogP contribution is 2.19. The Morgan fingerprint density at radius 2 is 2.47 bits per heavy atom. The molecule has 2 heterocycles. The van der Waals surface area contributed by atoms with Crippen LogP contribution in [0.4, 0.5) is 11.5 Å². The minimum atomic E-state index is -0.667. The Morgan fingerprint density at radius 1 is 1.68 bits per heavy atom. The quantitative estimate of drug-likeness (QED) is 0.604. The summed E-state index contributed by atoms with van der Waals surface area (Å²) in [6, 6.07) is 1.12. The number of nitrogens with two attached hydrogens (primary N) is 1. The van der Waals surface area contributed by atoms with Crippen molar-refractivity contribution in [3.63, 3.8) is 0 Å². The molecule has 1 aliphatic rings. The van der Waals surface area contributed by atoms with Crippen molar-refractivity contribution in [3.05, 3.63) is 27.9 Å². The number of hydrogen-bond donors (Lipinski definition) is 2.